The Kier molecular flexibility index (Phi) is 3.92. The lowest BCUT2D eigenvalue weighted by Crippen LogP contribution is -2.09. The third-order valence-corrected chi connectivity index (χ3v) is 2.61. The lowest BCUT2D eigenvalue weighted by atomic mass is 9.88. The van der Waals surface area contributed by atoms with Crippen molar-refractivity contribution < 1.29 is 4.79 Å². The second-order valence-electron chi connectivity index (χ2n) is 4.96. The maximum atomic E-state index is 11.8. The van der Waals surface area contributed by atoms with E-state index < -0.39 is 0 Å². The molecular weight excluding hydrogens is 208 g/mol. The van der Waals surface area contributed by atoms with Crippen LogP contribution in [0.15, 0.2) is 24.3 Å². The van der Waals surface area contributed by atoms with Crippen molar-refractivity contribution >= 4 is 17.4 Å². The van der Waals surface area contributed by atoms with Gasteiger partial charge in [0.2, 0.25) is 0 Å². The molecule has 1 rings (SSSR count). The van der Waals surface area contributed by atoms with Gasteiger partial charge in [0.05, 0.1) is 5.02 Å². The van der Waals surface area contributed by atoms with Gasteiger partial charge in [-0.3, -0.25) is 4.79 Å². The van der Waals surface area contributed by atoms with E-state index in [1.54, 1.807) is 12.1 Å². The molecule has 0 atom stereocenters. The maximum Gasteiger partial charge on any atom is 0.164 e. The van der Waals surface area contributed by atoms with E-state index >= 15 is 0 Å². The molecule has 1 nitrogen and oxygen atoms in total. The number of ketones is 1. The van der Waals surface area contributed by atoms with E-state index in [-0.39, 0.29) is 11.2 Å². The van der Waals surface area contributed by atoms with Gasteiger partial charge < -0.3 is 0 Å². The summed E-state index contributed by atoms with van der Waals surface area (Å²) in [5, 5.41) is 0.552. The molecule has 0 N–H and O–H groups in total. The summed E-state index contributed by atoms with van der Waals surface area (Å²) in [5.74, 6) is 0.135. The highest BCUT2D eigenvalue weighted by Gasteiger charge is 2.15. The van der Waals surface area contributed by atoms with Crippen molar-refractivity contribution in [1.82, 2.24) is 0 Å². The summed E-state index contributed by atoms with van der Waals surface area (Å²) in [4.78, 5) is 11.8. The SMILES string of the molecule is CC(C)(C)CCC(=O)c1ccccc1Cl. The zero-order valence-corrected chi connectivity index (χ0v) is 10.3. The van der Waals surface area contributed by atoms with E-state index in [4.69, 9.17) is 11.6 Å². The topological polar surface area (TPSA) is 17.1 Å². The zero-order valence-electron chi connectivity index (χ0n) is 9.51. The van der Waals surface area contributed by atoms with Crippen LogP contribution in [0.2, 0.25) is 5.02 Å². The summed E-state index contributed by atoms with van der Waals surface area (Å²) < 4.78 is 0. The van der Waals surface area contributed by atoms with Crippen LogP contribution >= 0.6 is 11.6 Å². The van der Waals surface area contributed by atoms with Gasteiger partial charge in [0, 0.05) is 12.0 Å². The predicted octanol–water partition coefficient (Wildman–Crippen LogP) is 4.35. The predicted molar refractivity (Wildman–Crippen MR) is 64.5 cm³/mol. The first kappa shape index (κ1) is 12.3. The molecule has 0 saturated heterocycles. The van der Waals surface area contributed by atoms with Crippen LogP contribution in [0.4, 0.5) is 0 Å². The molecule has 0 aliphatic rings. The Morgan fingerprint density at radius 2 is 1.87 bits per heavy atom. The normalized spacial score (nSPS) is 11.5. The standard InChI is InChI=1S/C13H17ClO/c1-13(2,3)9-8-12(15)10-6-4-5-7-11(10)14/h4-7H,8-9H2,1-3H3. The zero-order chi connectivity index (χ0) is 11.5. The summed E-state index contributed by atoms with van der Waals surface area (Å²) in [6.07, 6.45) is 1.45. The number of halogens is 1. The van der Waals surface area contributed by atoms with Crippen molar-refractivity contribution in [3.05, 3.63) is 34.9 Å². The number of Topliss-reactive ketones (excluding diaryl/α,β-unsaturated/α-hetero) is 1. The van der Waals surface area contributed by atoms with Crippen LogP contribution in [0.3, 0.4) is 0 Å². The monoisotopic (exact) mass is 224 g/mol. The van der Waals surface area contributed by atoms with Gasteiger partial charge in [-0.05, 0) is 24.0 Å². The third kappa shape index (κ3) is 4.05. The molecule has 0 heterocycles. The molecule has 2 heteroatoms. The van der Waals surface area contributed by atoms with Crippen molar-refractivity contribution in [3.8, 4) is 0 Å². The molecule has 0 aromatic heterocycles. The van der Waals surface area contributed by atoms with Gasteiger partial charge in [-0.1, -0.05) is 44.5 Å². The van der Waals surface area contributed by atoms with Crippen molar-refractivity contribution in [2.24, 2.45) is 5.41 Å². The molecule has 0 aliphatic carbocycles. The number of rotatable bonds is 3. The van der Waals surface area contributed by atoms with Crippen LogP contribution in [0.1, 0.15) is 44.0 Å². The van der Waals surface area contributed by atoms with Crippen molar-refractivity contribution in [1.29, 1.82) is 0 Å². The lowest BCUT2D eigenvalue weighted by molar-refractivity contribution is 0.0966. The van der Waals surface area contributed by atoms with E-state index in [1.165, 1.54) is 0 Å². The van der Waals surface area contributed by atoms with Gasteiger partial charge in [0.25, 0.3) is 0 Å². The summed E-state index contributed by atoms with van der Waals surface area (Å²) in [6, 6.07) is 7.22. The van der Waals surface area contributed by atoms with E-state index in [0.717, 1.165) is 6.42 Å². The molecule has 0 aliphatic heterocycles. The van der Waals surface area contributed by atoms with E-state index in [2.05, 4.69) is 20.8 Å². The van der Waals surface area contributed by atoms with Crippen LogP contribution in [-0.4, -0.2) is 5.78 Å². The Bertz CT molecular complexity index is 350. The van der Waals surface area contributed by atoms with Crippen molar-refractivity contribution in [2.45, 2.75) is 33.6 Å². The van der Waals surface area contributed by atoms with Crippen molar-refractivity contribution in [3.63, 3.8) is 0 Å². The molecule has 15 heavy (non-hydrogen) atoms. The molecule has 1 aromatic rings. The summed E-state index contributed by atoms with van der Waals surface area (Å²) in [6.45, 7) is 6.40. The number of hydrogen-bond donors (Lipinski definition) is 0. The smallest absolute Gasteiger partial charge is 0.164 e. The molecule has 82 valence electrons. The fraction of sp³-hybridized carbons (Fsp3) is 0.462. The minimum absolute atomic E-state index is 0.135. The first-order chi connectivity index (χ1) is 6.90. The van der Waals surface area contributed by atoms with Gasteiger partial charge in [0.1, 0.15) is 0 Å². The minimum atomic E-state index is 0.135. The third-order valence-electron chi connectivity index (χ3n) is 2.28. The number of benzene rings is 1. The molecule has 1 aromatic carbocycles. The highest BCUT2D eigenvalue weighted by Crippen LogP contribution is 2.24. The first-order valence-electron chi connectivity index (χ1n) is 5.18. The van der Waals surface area contributed by atoms with Gasteiger partial charge >= 0.3 is 0 Å². The first-order valence-corrected chi connectivity index (χ1v) is 5.56. The van der Waals surface area contributed by atoms with Crippen LogP contribution in [0.5, 0.6) is 0 Å². The maximum absolute atomic E-state index is 11.8. The van der Waals surface area contributed by atoms with Gasteiger partial charge in [0.15, 0.2) is 5.78 Å². The lowest BCUT2D eigenvalue weighted by Gasteiger charge is -2.17. The van der Waals surface area contributed by atoms with Gasteiger partial charge in [-0.2, -0.15) is 0 Å². The Balaban J connectivity index is 2.66. The number of carbonyl (C=O) groups excluding carboxylic acids is 1. The molecule has 0 saturated carbocycles. The molecule has 0 spiro atoms. The van der Waals surface area contributed by atoms with Crippen LogP contribution < -0.4 is 0 Å². The molecule has 0 amide bonds. The average Bonchev–Trinajstić information content (AvgIpc) is 2.14. The summed E-state index contributed by atoms with van der Waals surface area (Å²) in [5.41, 5.74) is 0.833. The Morgan fingerprint density at radius 3 is 2.40 bits per heavy atom. The van der Waals surface area contributed by atoms with Crippen LogP contribution in [-0.2, 0) is 0 Å². The van der Waals surface area contributed by atoms with E-state index in [9.17, 15) is 4.79 Å². The second-order valence-corrected chi connectivity index (χ2v) is 5.37. The molecular formula is C13H17ClO. The van der Waals surface area contributed by atoms with Gasteiger partial charge in [-0.15, -0.1) is 0 Å². The fourth-order valence-corrected chi connectivity index (χ4v) is 1.55. The Hall–Kier alpha value is -0.820. The van der Waals surface area contributed by atoms with E-state index in [1.807, 2.05) is 12.1 Å². The second kappa shape index (κ2) is 4.80. The molecule has 0 bridgehead atoms. The largest absolute Gasteiger partial charge is 0.294 e. The molecule has 0 unspecified atom stereocenters. The van der Waals surface area contributed by atoms with Gasteiger partial charge in [-0.25, -0.2) is 0 Å². The average molecular weight is 225 g/mol. The highest BCUT2D eigenvalue weighted by atomic mass is 35.5. The quantitative estimate of drug-likeness (QED) is 0.698. The Morgan fingerprint density at radius 1 is 1.27 bits per heavy atom. The summed E-state index contributed by atoms with van der Waals surface area (Å²) in [7, 11) is 0. The Labute approximate surface area is 96.5 Å². The fourth-order valence-electron chi connectivity index (χ4n) is 1.31. The van der Waals surface area contributed by atoms with Crippen LogP contribution in [0.25, 0.3) is 0 Å². The number of carbonyl (C=O) groups is 1. The van der Waals surface area contributed by atoms with Crippen LogP contribution in [0, 0.1) is 5.41 Å². The summed E-state index contributed by atoms with van der Waals surface area (Å²) >= 11 is 5.95. The minimum Gasteiger partial charge on any atom is -0.294 e. The molecule has 0 radical (unpaired) electrons. The van der Waals surface area contributed by atoms with E-state index in [0.29, 0.717) is 17.0 Å². The van der Waals surface area contributed by atoms with Crippen molar-refractivity contribution in [2.75, 3.05) is 0 Å². The highest BCUT2D eigenvalue weighted by molar-refractivity contribution is 6.33. The molecule has 0 fully saturated rings. The number of hydrogen-bond acceptors (Lipinski definition) is 1.